The second-order valence-corrected chi connectivity index (χ2v) is 3.21. The van der Waals surface area contributed by atoms with Gasteiger partial charge in [-0.25, -0.2) is 0 Å². The van der Waals surface area contributed by atoms with Crippen LogP contribution in [-0.2, 0) is 0 Å². The zero-order valence-electron chi connectivity index (χ0n) is 6.54. The Morgan fingerprint density at radius 1 is 1.64 bits per heavy atom. The minimum absolute atomic E-state index is 0.321. The van der Waals surface area contributed by atoms with Crippen LogP contribution < -0.4 is 0 Å². The van der Waals surface area contributed by atoms with Crippen molar-refractivity contribution in [2.45, 2.75) is 6.42 Å². The van der Waals surface area contributed by atoms with Crippen LogP contribution in [0.2, 0.25) is 0 Å². The molecule has 2 nitrogen and oxygen atoms in total. The molecule has 0 aromatic carbocycles. The summed E-state index contributed by atoms with van der Waals surface area (Å²) in [5, 5.41) is 8.84. The SMILES string of the molecule is OCC1CCN(CC=CCl)C1. The summed E-state index contributed by atoms with van der Waals surface area (Å²) in [6.07, 6.45) is 3.05. The summed E-state index contributed by atoms with van der Waals surface area (Å²) in [7, 11) is 0. The molecule has 1 atom stereocenters. The van der Waals surface area contributed by atoms with Gasteiger partial charge in [0.2, 0.25) is 0 Å². The molecule has 1 unspecified atom stereocenters. The Labute approximate surface area is 72.5 Å². The van der Waals surface area contributed by atoms with Crippen molar-refractivity contribution in [3.05, 3.63) is 11.6 Å². The highest BCUT2D eigenvalue weighted by atomic mass is 35.5. The van der Waals surface area contributed by atoms with Crippen molar-refractivity contribution >= 4 is 11.6 Å². The fourth-order valence-electron chi connectivity index (χ4n) is 1.42. The van der Waals surface area contributed by atoms with E-state index < -0.39 is 0 Å². The van der Waals surface area contributed by atoms with Gasteiger partial charge in [0.05, 0.1) is 0 Å². The summed E-state index contributed by atoms with van der Waals surface area (Å²) in [6, 6.07) is 0. The molecule has 0 aliphatic carbocycles. The first-order valence-corrected chi connectivity index (χ1v) is 4.39. The van der Waals surface area contributed by atoms with Gasteiger partial charge in [-0.05, 0) is 18.9 Å². The van der Waals surface area contributed by atoms with Gasteiger partial charge in [0.1, 0.15) is 0 Å². The Bertz CT molecular complexity index is 138. The van der Waals surface area contributed by atoms with Crippen LogP contribution >= 0.6 is 11.6 Å². The molecular weight excluding hydrogens is 162 g/mol. The minimum Gasteiger partial charge on any atom is -0.396 e. The van der Waals surface area contributed by atoms with Crippen LogP contribution in [0.5, 0.6) is 0 Å². The third-order valence-electron chi connectivity index (χ3n) is 2.08. The first-order valence-electron chi connectivity index (χ1n) is 3.95. The molecule has 1 heterocycles. The van der Waals surface area contributed by atoms with Gasteiger partial charge >= 0.3 is 0 Å². The zero-order valence-corrected chi connectivity index (χ0v) is 7.30. The standard InChI is InChI=1S/C8H14ClNO/c9-3-1-4-10-5-2-8(6-10)7-11/h1,3,8,11H,2,4-7H2. The van der Waals surface area contributed by atoms with Crippen LogP contribution in [0.25, 0.3) is 0 Å². The van der Waals surface area contributed by atoms with E-state index in [1.54, 1.807) is 5.54 Å². The Kier molecular flexibility index (Phi) is 3.91. The lowest BCUT2D eigenvalue weighted by Gasteiger charge is -2.11. The van der Waals surface area contributed by atoms with Gasteiger partial charge in [-0.2, -0.15) is 0 Å². The van der Waals surface area contributed by atoms with Gasteiger partial charge in [-0.1, -0.05) is 17.7 Å². The third-order valence-corrected chi connectivity index (χ3v) is 2.26. The number of hydrogen-bond donors (Lipinski definition) is 1. The van der Waals surface area contributed by atoms with E-state index in [-0.39, 0.29) is 0 Å². The second-order valence-electron chi connectivity index (χ2n) is 2.96. The van der Waals surface area contributed by atoms with Crippen molar-refractivity contribution in [1.82, 2.24) is 4.90 Å². The number of aliphatic hydroxyl groups is 1. The van der Waals surface area contributed by atoms with Crippen molar-refractivity contribution in [1.29, 1.82) is 0 Å². The summed E-state index contributed by atoms with van der Waals surface area (Å²) >= 11 is 5.39. The van der Waals surface area contributed by atoms with E-state index in [1.165, 1.54) is 0 Å². The van der Waals surface area contributed by atoms with Gasteiger partial charge in [0.25, 0.3) is 0 Å². The van der Waals surface area contributed by atoms with Gasteiger partial charge in [-0.15, -0.1) is 0 Å². The van der Waals surface area contributed by atoms with Crippen molar-refractivity contribution in [3.63, 3.8) is 0 Å². The average Bonchev–Trinajstić information content (AvgIpc) is 2.48. The Balaban J connectivity index is 2.19. The fourth-order valence-corrected chi connectivity index (χ4v) is 1.50. The van der Waals surface area contributed by atoms with Crippen molar-refractivity contribution in [2.24, 2.45) is 5.92 Å². The van der Waals surface area contributed by atoms with Crippen LogP contribution in [0.1, 0.15) is 6.42 Å². The van der Waals surface area contributed by atoms with Gasteiger partial charge in [0.15, 0.2) is 0 Å². The van der Waals surface area contributed by atoms with E-state index in [4.69, 9.17) is 16.7 Å². The lowest BCUT2D eigenvalue weighted by Crippen LogP contribution is -2.21. The predicted octanol–water partition coefficient (Wildman–Crippen LogP) is 1.05. The molecule has 3 heteroatoms. The van der Waals surface area contributed by atoms with Crippen molar-refractivity contribution in [2.75, 3.05) is 26.2 Å². The molecule has 1 rings (SSSR count). The Morgan fingerprint density at radius 2 is 2.45 bits per heavy atom. The van der Waals surface area contributed by atoms with Crippen LogP contribution in [0.3, 0.4) is 0 Å². The zero-order chi connectivity index (χ0) is 8.10. The van der Waals surface area contributed by atoms with Crippen molar-refractivity contribution in [3.8, 4) is 0 Å². The molecule has 0 bridgehead atoms. The fraction of sp³-hybridized carbons (Fsp3) is 0.750. The largest absolute Gasteiger partial charge is 0.396 e. The van der Waals surface area contributed by atoms with Crippen LogP contribution in [-0.4, -0.2) is 36.2 Å². The summed E-state index contributed by atoms with van der Waals surface area (Å²) in [6.45, 7) is 3.34. The first kappa shape index (κ1) is 9.04. The van der Waals surface area contributed by atoms with E-state index in [9.17, 15) is 0 Å². The molecule has 1 aliphatic heterocycles. The van der Waals surface area contributed by atoms with E-state index in [1.807, 2.05) is 6.08 Å². The highest BCUT2D eigenvalue weighted by Gasteiger charge is 2.19. The normalized spacial score (nSPS) is 26.9. The summed E-state index contributed by atoms with van der Waals surface area (Å²) in [5.74, 6) is 0.485. The number of likely N-dealkylation sites (tertiary alicyclic amines) is 1. The molecule has 0 aromatic rings. The summed E-state index contributed by atoms with van der Waals surface area (Å²) < 4.78 is 0. The van der Waals surface area contributed by atoms with Gasteiger partial charge < -0.3 is 5.11 Å². The number of aliphatic hydroxyl groups excluding tert-OH is 1. The monoisotopic (exact) mass is 175 g/mol. The first-order chi connectivity index (χ1) is 5.36. The van der Waals surface area contributed by atoms with Crippen LogP contribution in [0, 0.1) is 5.92 Å². The molecule has 64 valence electrons. The highest BCUT2D eigenvalue weighted by molar-refractivity contribution is 6.25. The number of rotatable bonds is 3. The van der Waals surface area contributed by atoms with Crippen LogP contribution in [0.15, 0.2) is 11.6 Å². The minimum atomic E-state index is 0.321. The summed E-state index contributed by atoms with van der Waals surface area (Å²) in [5.41, 5.74) is 1.55. The molecule has 1 fully saturated rings. The Hall–Kier alpha value is -0.0500. The lowest BCUT2D eigenvalue weighted by molar-refractivity contribution is 0.225. The van der Waals surface area contributed by atoms with E-state index in [0.29, 0.717) is 12.5 Å². The predicted molar refractivity (Wildman–Crippen MR) is 46.6 cm³/mol. The van der Waals surface area contributed by atoms with Gasteiger partial charge in [-0.3, -0.25) is 4.90 Å². The number of hydrogen-bond acceptors (Lipinski definition) is 2. The molecule has 0 radical (unpaired) electrons. The highest BCUT2D eigenvalue weighted by Crippen LogP contribution is 2.14. The molecular formula is C8H14ClNO. The van der Waals surface area contributed by atoms with E-state index in [2.05, 4.69) is 4.90 Å². The smallest absolute Gasteiger partial charge is 0.0471 e. The van der Waals surface area contributed by atoms with E-state index in [0.717, 1.165) is 26.1 Å². The number of nitrogens with zero attached hydrogens (tertiary/aromatic N) is 1. The van der Waals surface area contributed by atoms with Gasteiger partial charge in [0, 0.05) is 25.2 Å². The van der Waals surface area contributed by atoms with E-state index >= 15 is 0 Å². The number of halogens is 1. The molecule has 1 aliphatic rings. The lowest BCUT2D eigenvalue weighted by atomic mass is 10.1. The quantitative estimate of drug-likeness (QED) is 0.694. The maximum Gasteiger partial charge on any atom is 0.0471 e. The maximum atomic E-state index is 8.84. The molecule has 0 spiro atoms. The van der Waals surface area contributed by atoms with Crippen LogP contribution in [0.4, 0.5) is 0 Å². The Morgan fingerprint density at radius 3 is 3.00 bits per heavy atom. The molecule has 1 saturated heterocycles. The average molecular weight is 176 g/mol. The molecule has 11 heavy (non-hydrogen) atoms. The molecule has 0 aromatic heterocycles. The van der Waals surface area contributed by atoms with Crippen molar-refractivity contribution < 1.29 is 5.11 Å². The maximum absolute atomic E-state index is 8.84. The molecule has 0 amide bonds. The summed E-state index contributed by atoms with van der Waals surface area (Å²) in [4.78, 5) is 2.29. The second kappa shape index (κ2) is 4.75. The molecule has 0 saturated carbocycles. The third kappa shape index (κ3) is 2.81. The topological polar surface area (TPSA) is 23.5 Å². The molecule has 1 N–H and O–H groups in total.